The SMILES string of the molecule is CCCN(CC(=O)Nc1ccc(F)c(F)c1F)C(=O)CSc1nc2ccccc2s1. The van der Waals surface area contributed by atoms with Gasteiger partial charge in [0, 0.05) is 6.54 Å². The van der Waals surface area contributed by atoms with Gasteiger partial charge in [-0.3, -0.25) is 9.59 Å². The average molecular weight is 454 g/mol. The lowest BCUT2D eigenvalue weighted by molar-refractivity contribution is -0.132. The predicted octanol–water partition coefficient (Wildman–Crippen LogP) is 4.68. The second-order valence-corrected chi connectivity index (χ2v) is 8.58. The quantitative estimate of drug-likeness (QED) is 0.397. The van der Waals surface area contributed by atoms with Gasteiger partial charge in [-0.2, -0.15) is 0 Å². The minimum Gasteiger partial charge on any atom is -0.333 e. The fraction of sp³-hybridized carbons (Fsp3) is 0.250. The molecule has 2 amide bonds. The minimum absolute atomic E-state index is 0.0899. The van der Waals surface area contributed by atoms with Crippen LogP contribution in [0, 0.1) is 17.5 Å². The summed E-state index contributed by atoms with van der Waals surface area (Å²) in [6.45, 7) is 1.85. The molecule has 0 saturated carbocycles. The number of benzene rings is 2. The van der Waals surface area contributed by atoms with Crippen LogP contribution in [0.5, 0.6) is 0 Å². The summed E-state index contributed by atoms with van der Waals surface area (Å²) >= 11 is 2.76. The summed E-state index contributed by atoms with van der Waals surface area (Å²) < 4.78 is 41.8. The number of hydrogen-bond acceptors (Lipinski definition) is 5. The Bertz CT molecular complexity index is 1040. The Morgan fingerprint density at radius 1 is 1.13 bits per heavy atom. The number of anilines is 1. The lowest BCUT2D eigenvalue weighted by atomic mass is 10.2. The first-order valence-electron chi connectivity index (χ1n) is 9.08. The van der Waals surface area contributed by atoms with Crippen molar-refractivity contribution in [1.29, 1.82) is 0 Å². The van der Waals surface area contributed by atoms with Crippen molar-refractivity contribution in [2.24, 2.45) is 0 Å². The minimum atomic E-state index is -1.67. The van der Waals surface area contributed by atoms with Crippen LogP contribution in [-0.4, -0.2) is 40.5 Å². The summed E-state index contributed by atoms with van der Waals surface area (Å²) in [5.74, 6) is -5.38. The molecule has 2 aromatic carbocycles. The number of amides is 2. The summed E-state index contributed by atoms with van der Waals surface area (Å²) in [5, 5.41) is 2.18. The Labute approximate surface area is 179 Å². The van der Waals surface area contributed by atoms with E-state index in [1.165, 1.54) is 28.0 Å². The largest absolute Gasteiger partial charge is 0.333 e. The highest BCUT2D eigenvalue weighted by atomic mass is 32.2. The van der Waals surface area contributed by atoms with Crippen LogP contribution < -0.4 is 5.32 Å². The highest BCUT2D eigenvalue weighted by molar-refractivity contribution is 8.01. The van der Waals surface area contributed by atoms with Gasteiger partial charge in [-0.15, -0.1) is 11.3 Å². The van der Waals surface area contributed by atoms with Crippen LogP contribution >= 0.6 is 23.1 Å². The van der Waals surface area contributed by atoms with Crippen molar-refractivity contribution >= 4 is 50.8 Å². The lowest BCUT2D eigenvalue weighted by Crippen LogP contribution is -2.39. The number of thioether (sulfide) groups is 1. The van der Waals surface area contributed by atoms with Crippen molar-refractivity contribution in [2.45, 2.75) is 17.7 Å². The van der Waals surface area contributed by atoms with E-state index in [0.29, 0.717) is 13.0 Å². The third-order valence-electron chi connectivity index (χ3n) is 4.08. The van der Waals surface area contributed by atoms with Crippen LogP contribution in [-0.2, 0) is 9.59 Å². The van der Waals surface area contributed by atoms with E-state index in [-0.39, 0.29) is 18.2 Å². The number of fused-ring (bicyclic) bond motifs is 1. The summed E-state index contributed by atoms with van der Waals surface area (Å²) in [7, 11) is 0. The van der Waals surface area contributed by atoms with Crippen LogP contribution in [0.2, 0.25) is 0 Å². The molecule has 3 rings (SSSR count). The molecule has 0 aliphatic carbocycles. The maximum Gasteiger partial charge on any atom is 0.244 e. The van der Waals surface area contributed by atoms with Crippen LogP contribution in [0.1, 0.15) is 13.3 Å². The fourth-order valence-corrected chi connectivity index (χ4v) is 4.65. The number of aromatic nitrogens is 1. The molecular formula is C20H18F3N3O2S2. The number of carbonyl (C=O) groups is 2. The molecule has 0 aliphatic rings. The second kappa shape index (κ2) is 9.94. The normalized spacial score (nSPS) is 10.9. The number of halogens is 3. The Hall–Kier alpha value is -2.59. The highest BCUT2D eigenvalue weighted by Gasteiger charge is 2.20. The van der Waals surface area contributed by atoms with E-state index in [2.05, 4.69) is 10.3 Å². The molecule has 0 fully saturated rings. The second-order valence-electron chi connectivity index (χ2n) is 6.32. The van der Waals surface area contributed by atoms with Gasteiger partial charge in [-0.25, -0.2) is 18.2 Å². The third kappa shape index (κ3) is 5.31. The molecule has 1 N–H and O–H groups in total. The molecule has 0 atom stereocenters. The van der Waals surface area contributed by atoms with E-state index in [4.69, 9.17) is 0 Å². The van der Waals surface area contributed by atoms with E-state index in [9.17, 15) is 22.8 Å². The first-order valence-corrected chi connectivity index (χ1v) is 10.9. The molecule has 1 aromatic heterocycles. The molecule has 0 radical (unpaired) electrons. The highest BCUT2D eigenvalue weighted by Crippen LogP contribution is 2.29. The third-order valence-corrected chi connectivity index (χ3v) is 6.25. The maximum atomic E-state index is 13.7. The van der Waals surface area contributed by atoms with Gasteiger partial charge in [0.15, 0.2) is 21.8 Å². The monoisotopic (exact) mass is 453 g/mol. The van der Waals surface area contributed by atoms with Gasteiger partial charge in [0.25, 0.3) is 0 Å². The van der Waals surface area contributed by atoms with Crippen LogP contribution in [0.3, 0.4) is 0 Å². The van der Waals surface area contributed by atoms with Gasteiger partial charge in [0.05, 0.1) is 28.2 Å². The van der Waals surface area contributed by atoms with Crippen molar-refractivity contribution < 1.29 is 22.8 Å². The Balaban J connectivity index is 1.60. The van der Waals surface area contributed by atoms with Crippen LogP contribution in [0.15, 0.2) is 40.7 Å². The van der Waals surface area contributed by atoms with Gasteiger partial charge in [-0.05, 0) is 30.7 Å². The number of rotatable bonds is 8. The van der Waals surface area contributed by atoms with Gasteiger partial charge in [0.2, 0.25) is 11.8 Å². The van der Waals surface area contributed by atoms with Crippen LogP contribution in [0.25, 0.3) is 10.2 Å². The van der Waals surface area contributed by atoms with Crippen molar-refractivity contribution in [1.82, 2.24) is 9.88 Å². The van der Waals surface area contributed by atoms with E-state index < -0.39 is 29.0 Å². The summed E-state index contributed by atoms with van der Waals surface area (Å²) in [6.07, 6.45) is 0.615. The van der Waals surface area contributed by atoms with Gasteiger partial charge < -0.3 is 10.2 Å². The molecular weight excluding hydrogens is 435 g/mol. The number of nitrogens with zero attached hydrogens (tertiary/aromatic N) is 2. The van der Waals surface area contributed by atoms with Crippen molar-refractivity contribution in [2.75, 3.05) is 24.2 Å². The summed E-state index contributed by atoms with van der Waals surface area (Å²) in [5.41, 5.74) is 0.377. The topological polar surface area (TPSA) is 62.3 Å². The molecule has 3 aromatic rings. The molecule has 0 unspecified atom stereocenters. The van der Waals surface area contributed by atoms with Gasteiger partial charge in [-0.1, -0.05) is 30.8 Å². The Morgan fingerprint density at radius 2 is 1.90 bits per heavy atom. The van der Waals surface area contributed by atoms with Crippen molar-refractivity contribution in [3.8, 4) is 0 Å². The standard InChI is InChI=1S/C20H18F3N3O2S2/c1-2-9-26(10-16(27)24-14-8-7-12(21)18(22)19(14)23)17(28)11-29-20-25-13-5-3-4-6-15(13)30-20/h3-8H,2,9-11H2,1H3,(H,24,27). The average Bonchev–Trinajstić information content (AvgIpc) is 3.15. The zero-order valence-electron chi connectivity index (χ0n) is 16.0. The summed E-state index contributed by atoms with van der Waals surface area (Å²) in [6, 6.07) is 9.29. The molecule has 158 valence electrons. The number of para-hydroxylation sites is 1. The molecule has 5 nitrogen and oxygen atoms in total. The molecule has 1 heterocycles. The number of carbonyl (C=O) groups excluding carboxylic acids is 2. The first kappa shape index (κ1) is 22.1. The van der Waals surface area contributed by atoms with Gasteiger partial charge >= 0.3 is 0 Å². The maximum absolute atomic E-state index is 13.7. The lowest BCUT2D eigenvalue weighted by Gasteiger charge is -2.21. The molecule has 0 spiro atoms. The molecule has 0 bridgehead atoms. The van der Waals surface area contributed by atoms with Crippen molar-refractivity contribution in [3.63, 3.8) is 0 Å². The Kier molecular flexibility index (Phi) is 7.33. The predicted molar refractivity (Wildman–Crippen MR) is 112 cm³/mol. The number of thiazole rings is 1. The number of nitrogens with one attached hydrogen (secondary N) is 1. The molecule has 0 aliphatic heterocycles. The molecule has 0 saturated heterocycles. The number of hydrogen-bond donors (Lipinski definition) is 1. The van der Waals surface area contributed by atoms with E-state index in [1.54, 1.807) is 0 Å². The van der Waals surface area contributed by atoms with E-state index in [0.717, 1.165) is 26.7 Å². The fourth-order valence-electron chi connectivity index (χ4n) is 2.67. The zero-order valence-corrected chi connectivity index (χ0v) is 17.6. The van der Waals surface area contributed by atoms with Gasteiger partial charge in [0.1, 0.15) is 0 Å². The smallest absolute Gasteiger partial charge is 0.244 e. The van der Waals surface area contributed by atoms with E-state index in [1.807, 2.05) is 31.2 Å². The molecule has 30 heavy (non-hydrogen) atoms. The zero-order chi connectivity index (χ0) is 21.7. The first-order chi connectivity index (χ1) is 14.4. The molecule has 10 heteroatoms. The van der Waals surface area contributed by atoms with Crippen molar-refractivity contribution in [3.05, 3.63) is 53.8 Å². The Morgan fingerprint density at radius 3 is 2.63 bits per heavy atom. The van der Waals surface area contributed by atoms with Crippen LogP contribution in [0.4, 0.5) is 18.9 Å². The summed E-state index contributed by atoms with van der Waals surface area (Å²) in [4.78, 5) is 30.6. The van der Waals surface area contributed by atoms with E-state index >= 15 is 0 Å².